The zero-order valence-corrected chi connectivity index (χ0v) is 23.9. The summed E-state index contributed by atoms with van der Waals surface area (Å²) in [6.45, 7) is 9.50. The SMILES string of the molecule is CCOC(=O)C(Sc1ccc(OC)cc1)C(C)C.COc1ccc(S(=O)(=O)C(C(=O)NO)C(C)C)cc1. The van der Waals surface area contributed by atoms with Crippen molar-refractivity contribution >= 4 is 33.5 Å². The molecule has 0 radical (unpaired) electrons. The first-order chi connectivity index (χ1) is 17.4. The lowest BCUT2D eigenvalue weighted by atomic mass is 10.1. The van der Waals surface area contributed by atoms with Crippen molar-refractivity contribution in [2.45, 2.75) is 54.9 Å². The molecule has 37 heavy (non-hydrogen) atoms. The van der Waals surface area contributed by atoms with Gasteiger partial charge in [0.05, 0.1) is 25.7 Å². The van der Waals surface area contributed by atoms with Gasteiger partial charge in [0.25, 0.3) is 5.91 Å². The number of thioether (sulfide) groups is 1. The number of amides is 1. The van der Waals surface area contributed by atoms with E-state index in [-0.39, 0.29) is 22.0 Å². The predicted octanol–water partition coefficient (Wildman–Crippen LogP) is 4.37. The molecule has 9 nitrogen and oxygen atoms in total. The summed E-state index contributed by atoms with van der Waals surface area (Å²) in [7, 11) is -0.756. The number of hydrogen-bond acceptors (Lipinski definition) is 9. The molecule has 2 N–H and O–H groups in total. The van der Waals surface area contributed by atoms with E-state index in [0.29, 0.717) is 12.4 Å². The molecule has 0 saturated heterocycles. The Hall–Kier alpha value is -2.76. The summed E-state index contributed by atoms with van der Waals surface area (Å²) in [6, 6.07) is 13.4. The first-order valence-electron chi connectivity index (χ1n) is 11.7. The van der Waals surface area contributed by atoms with E-state index >= 15 is 0 Å². The van der Waals surface area contributed by atoms with Gasteiger partial charge in [0, 0.05) is 4.90 Å². The van der Waals surface area contributed by atoms with E-state index in [1.54, 1.807) is 21.0 Å². The van der Waals surface area contributed by atoms with Crippen LogP contribution < -0.4 is 15.0 Å². The summed E-state index contributed by atoms with van der Waals surface area (Å²) in [6.07, 6.45) is 0. The van der Waals surface area contributed by atoms with Crippen LogP contribution in [0.1, 0.15) is 34.6 Å². The van der Waals surface area contributed by atoms with Crippen LogP contribution in [0, 0.1) is 11.8 Å². The van der Waals surface area contributed by atoms with E-state index in [0.717, 1.165) is 10.6 Å². The van der Waals surface area contributed by atoms with Crippen molar-refractivity contribution in [2.24, 2.45) is 11.8 Å². The number of esters is 1. The second-order valence-electron chi connectivity index (χ2n) is 8.57. The lowest BCUT2D eigenvalue weighted by molar-refractivity contribution is -0.143. The zero-order chi connectivity index (χ0) is 28.2. The van der Waals surface area contributed by atoms with Gasteiger partial charge < -0.3 is 14.2 Å². The number of nitrogens with one attached hydrogen (secondary N) is 1. The van der Waals surface area contributed by atoms with Crippen LogP contribution in [-0.2, 0) is 24.2 Å². The molecule has 11 heteroatoms. The number of carbonyl (C=O) groups excluding carboxylic acids is 2. The van der Waals surface area contributed by atoms with Crippen molar-refractivity contribution in [1.82, 2.24) is 5.48 Å². The molecular formula is C26H37NO8S2. The van der Waals surface area contributed by atoms with E-state index in [1.165, 1.54) is 48.6 Å². The van der Waals surface area contributed by atoms with Crippen LogP contribution in [-0.4, -0.2) is 56.8 Å². The van der Waals surface area contributed by atoms with E-state index in [1.807, 2.05) is 45.0 Å². The lowest BCUT2D eigenvalue weighted by Crippen LogP contribution is -2.41. The molecule has 1 amide bonds. The minimum atomic E-state index is -3.86. The molecule has 206 valence electrons. The van der Waals surface area contributed by atoms with E-state index in [9.17, 15) is 18.0 Å². The number of ether oxygens (including phenoxy) is 3. The van der Waals surface area contributed by atoms with Gasteiger partial charge in [-0.3, -0.25) is 14.8 Å². The number of hydroxylamine groups is 1. The molecular weight excluding hydrogens is 518 g/mol. The van der Waals surface area contributed by atoms with Crippen molar-refractivity contribution in [3.63, 3.8) is 0 Å². The van der Waals surface area contributed by atoms with Crippen LogP contribution in [0.25, 0.3) is 0 Å². The van der Waals surface area contributed by atoms with Crippen LogP contribution in [0.3, 0.4) is 0 Å². The Balaban J connectivity index is 0.000000371. The van der Waals surface area contributed by atoms with Crippen molar-refractivity contribution in [3.8, 4) is 11.5 Å². The summed E-state index contributed by atoms with van der Waals surface area (Å²) in [5.74, 6) is 0.0118. The fraction of sp³-hybridized carbons (Fsp3) is 0.462. The minimum absolute atomic E-state index is 0.00981. The van der Waals surface area contributed by atoms with Crippen molar-refractivity contribution in [3.05, 3.63) is 48.5 Å². The topological polar surface area (TPSA) is 128 Å². The van der Waals surface area contributed by atoms with Gasteiger partial charge in [-0.2, -0.15) is 0 Å². The van der Waals surface area contributed by atoms with Crippen LogP contribution in [0.5, 0.6) is 11.5 Å². The fourth-order valence-corrected chi connectivity index (χ4v) is 6.14. The van der Waals surface area contributed by atoms with E-state index < -0.39 is 26.9 Å². The third-order valence-corrected chi connectivity index (χ3v) is 9.03. The third-order valence-electron chi connectivity index (χ3n) is 5.14. The second-order valence-corrected chi connectivity index (χ2v) is 11.9. The smallest absolute Gasteiger partial charge is 0.319 e. The van der Waals surface area contributed by atoms with Crippen molar-refractivity contribution in [1.29, 1.82) is 0 Å². The standard InChI is InChI=1S/C14H20O3S.C12H17NO5S/c1-5-17-14(15)13(10(2)3)18-12-8-6-11(16-4)7-9-12;1-8(2)11(12(14)13-15)19(16,17)10-6-4-9(18-3)5-7-10/h6-10,13H,5H2,1-4H3;4-8,11,15H,1-3H3,(H,13,14). The molecule has 0 aromatic heterocycles. The molecule has 2 rings (SSSR count). The average Bonchev–Trinajstić information content (AvgIpc) is 2.87. The first kappa shape index (κ1) is 32.3. The van der Waals surface area contributed by atoms with Gasteiger partial charge in [-0.15, -0.1) is 11.8 Å². The van der Waals surface area contributed by atoms with Gasteiger partial charge in [0.1, 0.15) is 22.0 Å². The Morgan fingerprint density at radius 3 is 1.76 bits per heavy atom. The normalized spacial score (nSPS) is 12.7. The van der Waals surface area contributed by atoms with Crippen molar-refractivity contribution < 1.29 is 37.4 Å². The van der Waals surface area contributed by atoms with Crippen LogP contribution >= 0.6 is 11.8 Å². The second kappa shape index (κ2) is 15.5. The van der Waals surface area contributed by atoms with Gasteiger partial charge in [-0.1, -0.05) is 27.7 Å². The number of hydrogen-bond donors (Lipinski definition) is 2. The summed E-state index contributed by atoms with van der Waals surface area (Å²) in [5.41, 5.74) is 1.40. The maximum Gasteiger partial charge on any atom is 0.319 e. The molecule has 0 saturated carbocycles. The summed E-state index contributed by atoms with van der Waals surface area (Å²) in [4.78, 5) is 24.4. The summed E-state index contributed by atoms with van der Waals surface area (Å²) >= 11 is 1.53. The minimum Gasteiger partial charge on any atom is -0.497 e. The maximum atomic E-state index is 12.4. The van der Waals surface area contributed by atoms with Gasteiger partial charge >= 0.3 is 5.97 Å². The molecule has 2 aromatic rings. The molecule has 0 spiro atoms. The number of rotatable bonds is 11. The fourth-order valence-electron chi connectivity index (χ4n) is 3.26. The largest absolute Gasteiger partial charge is 0.497 e. The van der Waals surface area contributed by atoms with Gasteiger partial charge in [0.15, 0.2) is 9.84 Å². The van der Waals surface area contributed by atoms with Gasteiger partial charge in [-0.25, -0.2) is 13.9 Å². The van der Waals surface area contributed by atoms with E-state index in [4.69, 9.17) is 19.4 Å². The highest BCUT2D eigenvalue weighted by molar-refractivity contribution is 8.00. The molecule has 2 atom stereocenters. The molecule has 0 aliphatic heterocycles. The predicted molar refractivity (Wildman–Crippen MR) is 143 cm³/mol. The highest BCUT2D eigenvalue weighted by atomic mass is 32.2. The molecule has 0 bridgehead atoms. The monoisotopic (exact) mass is 555 g/mol. The Labute approximate surface area is 223 Å². The van der Waals surface area contributed by atoms with Gasteiger partial charge in [0.2, 0.25) is 0 Å². The number of sulfone groups is 1. The highest BCUT2D eigenvalue weighted by Gasteiger charge is 2.36. The number of benzene rings is 2. The average molecular weight is 556 g/mol. The molecule has 2 unspecified atom stereocenters. The Bertz CT molecular complexity index is 1080. The number of methoxy groups -OCH3 is 2. The summed E-state index contributed by atoms with van der Waals surface area (Å²) in [5, 5.41) is 7.15. The lowest BCUT2D eigenvalue weighted by Gasteiger charge is -2.19. The number of carbonyl (C=O) groups is 2. The maximum absolute atomic E-state index is 12.4. The van der Waals surface area contributed by atoms with Crippen LogP contribution in [0.2, 0.25) is 0 Å². The Morgan fingerprint density at radius 2 is 1.38 bits per heavy atom. The highest BCUT2D eigenvalue weighted by Crippen LogP contribution is 2.30. The molecule has 0 fully saturated rings. The quantitative estimate of drug-likeness (QED) is 0.180. The zero-order valence-electron chi connectivity index (χ0n) is 22.3. The Morgan fingerprint density at radius 1 is 0.892 bits per heavy atom. The van der Waals surface area contributed by atoms with Crippen molar-refractivity contribution in [2.75, 3.05) is 20.8 Å². The third kappa shape index (κ3) is 9.56. The Kier molecular flexibility index (Phi) is 13.5. The molecule has 0 aliphatic carbocycles. The van der Waals surface area contributed by atoms with Gasteiger partial charge in [-0.05, 0) is 67.3 Å². The molecule has 0 heterocycles. The molecule has 0 aliphatic rings. The van der Waals surface area contributed by atoms with Crippen LogP contribution in [0.15, 0.2) is 58.3 Å². The van der Waals surface area contributed by atoms with E-state index in [2.05, 4.69) is 0 Å². The molecule has 2 aromatic carbocycles. The van der Waals surface area contributed by atoms with Crippen LogP contribution in [0.4, 0.5) is 0 Å². The summed E-state index contributed by atoms with van der Waals surface area (Å²) < 4.78 is 39.9. The first-order valence-corrected chi connectivity index (χ1v) is 14.1.